The topological polar surface area (TPSA) is 91.0 Å². The van der Waals surface area contributed by atoms with Gasteiger partial charge in [0.1, 0.15) is 0 Å². The number of allylic oxidation sites excluding steroid dienone is 2. The van der Waals surface area contributed by atoms with Crippen molar-refractivity contribution < 1.29 is 18.5 Å². The van der Waals surface area contributed by atoms with Gasteiger partial charge in [-0.25, -0.2) is 4.21 Å². The molecule has 2 aromatic rings. The van der Waals surface area contributed by atoms with Gasteiger partial charge in [-0.1, -0.05) is 36.8 Å². The second kappa shape index (κ2) is 9.36. The predicted octanol–water partition coefficient (Wildman–Crippen LogP) is 5.11. The Morgan fingerprint density at radius 1 is 1.22 bits per heavy atom. The zero-order valence-electron chi connectivity index (χ0n) is 19.5. The van der Waals surface area contributed by atoms with Crippen LogP contribution in [0.1, 0.15) is 44.2 Å². The van der Waals surface area contributed by atoms with Crippen LogP contribution in [-0.4, -0.2) is 29.6 Å². The molecule has 0 bridgehead atoms. The van der Waals surface area contributed by atoms with Gasteiger partial charge >= 0.3 is 0 Å². The molecule has 0 radical (unpaired) electrons. The highest BCUT2D eigenvalue weighted by Gasteiger charge is 2.42. The summed E-state index contributed by atoms with van der Waals surface area (Å²) >= 11 is 0. The molecule has 0 saturated carbocycles. The average Bonchev–Trinajstić information content (AvgIpc) is 2.74. The van der Waals surface area contributed by atoms with E-state index in [4.69, 9.17) is 19.6 Å². The maximum atomic E-state index is 14.8. The van der Waals surface area contributed by atoms with Gasteiger partial charge in [-0.05, 0) is 50.5 Å². The summed E-state index contributed by atoms with van der Waals surface area (Å²) in [7, 11) is 0.227. The van der Waals surface area contributed by atoms with E-state index in [9.17, 15) is 9.00 Å². The van der Waals surface area contributed by atoms with Gasteiger partial charge in [0.25, 0.3) is 0 Å². The van der Waals surface area contributed by atoms with Crippen molar-refractivity contribution in [1.82, 2.24) is 0 Å². The maximum Gasteiger partial charge on any atom is 0.217 e. The standard InChI is InChI=1S/C25H32N2O4S/c1-15(2)12-20-19-14-21(30-5)24(31-6)17(4)23(19)27-32(29,18-10-8-7-9-11-18)25(20)16(3)13-22(26)28/h7-12,14,16,20,25H,13H2,1-6H3,(H2,26,28)/t16-,20-,25+,32+/m0/s1. The van der Waals surface area contributed by atoms with Crippen LogP contribution in [0.3, 0.4) is 0 Å². The molecule has 32 heavy (non-hydrogen) atoms. The zero-order chi connectivity index (χ0) is 23.6. The van der Waals surface area contributed by atoms with Gasteiger partial charge in [0.15, 0.2) is 11.5 Å². The molecular weight excluding hydrogens is 424 g/mol. The van der Waals surface area contributed by atoms with Gasteiger partial charge in [0, 0.05) is 22.8 Å². The average molecular weight is 457 g/mol. The van der Waals surface area contributed by atoms with Gasteiger partial charge in [-0.2, -0.15) is 4.36 Å². The number of rotatable bonds is 7. The first kappa shape index (κ1) is 23.9. The van der Waals surface area contributed by atoms with E-state index in [0.717, 1.165) is 16.7 Å². The summed E-state index contributed by atoms with van der Waals surface area (Å²) in [5, 5.41) is -0.447. The Bertz CT molecular complexity index is 1160. The molecule has 1 aliphatic heterocycles. The number of amides is 1. The van der Waals surface area contributed by atoms with E-state index in [1.807, 2.05) is 64.1 Å². The highest BCUT2D eigenvalue weighted by molar-refractivity contribution is 7.94. The summed E-state index contributed by atoms with van der Waals surface area (Å²) in [6, 6.07) is 11.2. The largest absolute Gasteiger partial charge is 0.493 e. The molecular formula is C25H32N2O4S. The molecule has 6 nitrogen and oxygen atoms in total. The third kappa shape index (κ3) is 4.26. The highest BCUT2D eigenvalue weighted by atomic mass is 32.2. The molecule has 2 aromatic carbocycles. The van der Waals surface area contributed by atoms with Crippen LogP contribution >= 0.6 is 0 Å². The Morgan fingerprint density at radius 3 is 2.41 bits per heavy atom. The minimum atomic E-state index is -2.95. The molecule has 1 heterocycles. The first-order valence-corrected chi connectivity index (χ1v) is 12.2. The van der Waals surface area contributed by atoms with Crippen molar-refractivity contribution in [3.8, 4) is 11.5 Å². The fraction of sp³-hybridized carbons (Fsp3) is 0.400. The smallest absolute Gasteiger partial charge is 0.217 e. The van der Waals surface area contributed by atoms with Crippen LogP contribution in [0.4, 0.5) is 5.69 Å². The Kier molecular flexibility index (Phi) is 6.98. The Morgan fingerprint density at radius 2 is 1.88 bits per heavy atom. The van der Waals surface area contributed by atoms with Crippen molar-refractivity contribution >= 4 is 21.3 Å². The molecule has 0 fully saturated rings. The minimum absolute atomic E-state index is 0.124. The molecule has 0 aliphatic carbocycles. The number of methoxy groups -OCH3 is 2. The van der Waals surface area contributed by atoms with Crippen molar-refractivity contribution in [3.05, 3.63) is 59.2 Å². The Balaban J connectivity index is 2.45. The van der Waals surface area contributed by atoms with Crippen molar-refractivity contribution in [2.45, 2.75) is 50.2 Å². The highest BCUT2D eigenvalue weighted by Crippen LogP contribution is 2.51. The minimum Gasteiger partial charge on any atom is -0.493 e. The van der Waals surface area contributed by atoms with Crippen molar-refractivity contribution in [2.75, 3.05) is 14.2 Å². The number of hydrogen-bond acceptors (Lipinski definition) is 5. The van der Waals surface area contributed by atoms with Crippen molar-refractivity contribution in [3.63, 3.8) is 0 Å². The Hall–Kier alpha value is -2.80. The van der Waals surface area contributed by atoms with Gasteiger partial charge in [-0.15, -0.1) is 0 Å². The van der Waals surface area contributed by atoms with E-state index in [2.05, 4.69) is 6.08 Å². The van der Waals surface area contributed by atoms with Gasteiger partial charge in [0.2, 0.25) is 5.91 Å². The number of fused-ring (bicyclic) bond motifs is 1. The quantitative estimate of drug-likeness (QED) is 0.586. The number of carbonyl (C=O) groups excluding carboxylic acids is 1. The van der Waals surface area contributed by atoms with E-state index < -0.39 is 20.9 Å². The number of nitrogens with zero attached hydrogens (tertiary/aromatic N) is 1. The fourth-order valence-corrected chi connectivity index (χ4v) is 7.56. The van der Waals surface area contributed by atoms with Crippen LogP contribution < -0.4 is 15.2 Å². The molecule has 1 aliphatic rings. The molecule has 0 saturated heterocycles. The second-order valence-electron chi connectivity index (χ2n) is 8.53. The number of hydrogen-bond donors (Lipinski definition) is 1. The summed E-state index contributed by atoms with van der Waals surface area (Å²) in [5.41, 5.74) is 8.99. The van der Waals surface area contributed by atoms with Crippen LogP contribution in [-0.2, 0) is 14.5 Å². The monoisotopic (exact) mass is 456 g/mol. The van der Waals surface area contributed by atoms with E-state index in [1.54, 1.807) is 14.2 Å². The predicted molar refractivity (Wildman–Crippen MR) is 128 cm³/mol. The summed E-state index contributed by atoms with van der Waals surface area (Å²) in [6.45, 7) is 7.86. The third-order valence-electron chi connectivity index (χ3n) is 5.89. The fourth-order valence-electron chi connectivity index (χ4n) is 4.61. The van der Waals surface area contributed by atoms with E-state index >= 15 is 0 Å². The normalized spacial score (nSPS) is 22.8. The van der Waals surface area contributed by atoms with Crippen LogP contribution in [0, 0.1) is 12.8 Å². The first-order valence-electron chi connectivity index (χ1n) is 10.6. The maximum absolute atomic E-state index is 14.8. The summed E-state index contributed by atoms with van der Waals surface area (Å²) < 4.78 is 30.9. The number of ether oxygens (including phenoxy) is 2. The zero-order valence-corrected chi connectivity index (χ0v) is 20.4. The second-order valence-corrected chi connectivity index (χ2v) is 10.9. The van der Waals surface area contributed by atoms with Crippen LogP contribution in [0.5, 0.6) is 11.5 Å². The van der Waals surface area contributed by atoms with Crippen LogP contribution in [0.25, 0.3) is 0 Å². The number of nitrogens with two attached hydrogens (primary N) is 1. The summed E-state index contributed by atoms with van der Waals surface area (Å²) in [4.78, 5) is 12.5. The lowest BCUT2D eigenvalue weighted by molar-refractivity contribution is -0.118. The molecule has 4 atom stereocenters. The van der Waals surface area contributed by atoms with Gasteiger partial charge in [-0.3, -0.25) is 4.79 Å². The summed E-state index contributed by atoms with van der Waals surface area (Å²) in [6.07, 6.45) is 2.24. The Labute approximate surface area is 191 Å². The molecule has 2 N–H and O–H groups in total. The number of benzene rings is 2. The number of primary amides is 1. The third-order valence-corrected chi connectivity index (χ3v) is 8.79. The molecule has 0 unspecified atom stereocenters. The molecule has 7 heteroatoms. The van der Waals surface area contributed by atoms with E-state index in [0.29, 0.717) is 22.1 Å². The lowest BCUT2D eigenvalue weighted by Crippen LogP contribution is -2.38. The van der Waals surface area contributed by atoms with Crippen LogP contribution in [0.15, 0.2) is 57.3 Å². The molecule has 0 aromatic heterocycles. The van der Waals surface area contributed by atoms with E-state index in [-0.39, 0.29) is 18.3 Å². The van der Waals surface area contributed by atoms with Crippen molar-refractivity contribution in [2.24, 2.45) is 16.0 Å². The van der Waals surface area contributed by atoms with Gasteiger partial charge in [0.05, 0.1) is 34.9 Å². The number of carbonyl (C=O) groups is 1. The lowest BCUT2D eigenvalue weighted by atomic mass is 9.84. The molecule has 3 rings (SSSR count). The van der Waals surface area contributed by atoms with E-state index in [1.165, 1.54) is 0 Å². The summed E-state index contributed by atoms with van der Waals surface area (Å²) in [5.74, 6) is 0.252. The SMILES string of the molecule is COc1cc2c(c(C)c1OC)N=[S@@](=O)(c1ccccc1)[C@H]([C@@H](C)CC(N)=O)[C@H]2C=C(C)C. The molecule has 172 valence electrons. The van der Waals surface area contributed by atoms with Gasteiger partial charge < -0.3 is 15.2 Å². The first-order chi connectivity index (χ1) is 15.1. The van der Waals surface area contributed by atoms with Crippen molar-refractivity contribution in [1.29, 1.82) is 0 Å². The van der Waals surface area contributed by atoms with Crippen LogP contribution in [0.2, 0.25) is 0 Å². The molecule has 1 amide bonds. The lowest BCUT2D eigenvalue weighted by Gasteiger charge is -2.37. The molecule has 0 spiro atoms.